The van der Waals surface area contributed by atoms with E-state index in [0.717, 1.165) is 27.0 Å². The van der Waals surface area contributed by atoms with Crippen LogP contribution in [0.15, 0.2) is 33.5 Å². The molecule has 0 amide bonds. The molecule has 2 rings (SSSR count). The van der Waals surface area contributed by atoms with Crippen LogP contribution in [0.5, 0.6) is 0 Å². The molecular weight excluding hydrogens is 386 g/mol. The molecule has 7 heteroatoms. The topological polar surface area (TPSA) is 73.6 Å². The smallest absolute Gasteiger partial charge is 0.150 e. The molecule has 5 nitrogen and oxygen atoms in total. The lowest BCUT2D eigenvalue weighted by molar-refractivity contribution is 1.10. The van der Waals surface area contributed by atoms with E-state index in [9.17, 15) is 0 Å². The van der Waals surface area contributed by atoms with Crippen LogP contribution in [0.1, 0.15) is 12.5 Å². The highest BCUT2D eigenvalue weighted by Crippen LogP contribution is 2.32. The average molecular weight is 397 g/mol. The van der Waals surface area contributed by atoms with Crippen LogP contribution in [0.25, 0.3) is 0 Å². The number of benzene rings is 1. The predicted octanol–water partition coefficient (Wildman–Crippen LogP) is 4.05. The van der Waals surface area contributed by atoms with E-state index in [4.69, 9.17) is 5.26 Å². The van der Waals surface area contributed by atoms with Gasteiger partial charge in [-0.3, -0.25) is 0 Å². The molecule has 0 saturated carbocycles. The van der Waals surface area contributed by atoms with Crippen LogP contribution in [0, 0.1) is 11.3 Å². The second-order valence-corrected chi connectivity index (χ2v) is 5.49. The fourth-order valence-corrected chi connectivity index (χ4v) is 2.48. The van der Waals surface area contributed by atoms with Crippen molar-refractivity contribution >= 4 is 49.2 Å². The monoisotopic (exact) mass is 395 g/mol. The third kappa shape index (κ3) is 3.26. The van der Waals surface area contributed by atoms with E-state index in [1.54, 1.807) is 12.1 Å². The SMILES string of the molecule is CCNc1ncnc(Nc2ccc(C#N)cc2Br)c1Br. The van der Waals surface area contributed by atoms with Crippen molar-refractivity contribution in [2.45, 2.75) is 6.92 Å². The highest BCUT2D eigenvalue weighted by Gasteiger charge is 2.10. The van der Waals surface area contributed by atoms with Gasteiger partial charge in [0.2, 0.25) is 0 Å². The largest absolute Gasteiger partial charge is 0.369 e. The third-order valence-corrected chi connectivity index (χ3v) is 3.89. The van der Waals surface area contributed by atoms with Crippen LogP contribution in [0.3, 0.4) is 0 Å². The number of nitriles is 1. The van der Waals surface area contributed by atoms with E-state index in [2.05, 4.69) is 58.5 Å². The highest BCUT2D eigenvalue weighted by molar-refractivity contribution is 9.11. The summed E-state index contributed by atoms with van der Waals surface area (Å²) >= 11 is 6.91. The summed E-state index contributed by atoms with van der Waals surface area (Å²) < 4.78 is 1.56. The number of halogens is 2. The molecule has 2 aromatic rings. The summed E-state index contributed by atoms with van der Waals surface area (Å²) in [5, 5.41) is 15.2. The Morgan fingerprint density at radius 2 is 2.00 bits per heavy atom. The first kappa shape index (κ1) is 14.8. The normalized spacial score (nSPS) is 9.90. The number of nitrogens with one attached hydrogen (secondary N) is 2. The van der Waals surface area contributed by atoms with Gasteiger partial charge in [0.15, 0.2) is 0 Å². The lowest BCUT2D eigenvalue weighted by atomic mass is 10.2. The molecule has 2 N–H and O–H groups in total. The van der Waals surface area contributed by atoms with Crippen molar-refractivity contribution in [3.8, 4) is 6.07 Å². The molecule has 0 aliphatic rings. The Morgan fingerprint density at radius 3 is 2.65 bits per heavy atom. The second-order valence-electron chi connectivity index (χ2n) is 3.85. The Bertz CT molecular complexity index is 666. The van der Waals surface area contributed by atoms with Gasteiger partial charge in [0, 0.05) is 11.0 Å². The first-order valence-electron chi connectivity index (χ1n) is 5.86. The van der Waals surface area contributed by atoms with E-state index < -0.39 is 0 Å². The van der Waals surface area contributed by atoms with Crippen molar-refractivity contribution in [2.24, 2.45) is 0 Å². The first-order chi connectivity index (χ1) is 9.65. The zero-order valence-corrected chi connectivity index (χ0v) is 13.8. The minimum absolute atomic E-state index is 0.595. The zero-order chi connectivity index (χ0) is 14.5. The summed E-state index contributed by atoms with van der Waals surface area (Å²) in [5.74, 6) is 1.39. The van der Waals surface area contributed by atoms with E-state index in [-0.39, 0.29) is 0 Å². The molecule has 0 aliphatic heterocycles. The van der Waals surface area contributed by atoms with Gasteiger partial charge in [-0.05, 0) is 57.0 Å². The first-order valence-corrected chi connectivity index (χ1v) is 7.45. The minimum atomic E-state index is 0.595. The summed E-state index contributed by atoms with van der Waals surface area (Å²) in [4.78, 5) is 8.36. The summed E-state index contributed by atoms with van der Waals surface area (Å²) in [7, 11) is 0. The Balaban J connectivity index is 2.31. The molecule has 0 spiro atoms. The molecule has 0 saturated heterocycles. The molecule has 0 unspecified atom stereocenters. The van der Waals surface area contributed by atoms with Crippen molar-refractivity contribution in [1.29, 1.82) is 5.26 Å². The van der Waals surface area contributed by atoms with E-state index >= 15 is 0 Å². The van der Waals surface area contributed by atoms with Gasteiger partial charge in [0.1, 0.15) is 22.4 Å². The Labute approximate surface area is 133 Å². The molecule has 1 aromatic carbocycles. The number of aromatic nitrogens is 2. The number of anilines is 3. The molecule has 0 aliphatic carbocycles. The number of rotatable bonds is 4. The van der Waals surface area contributed by atoms with E-state index in [1.165, 1.54) is 6.33 Å². The van der Waals surface area contributed by atoms with Crippen LogP contribution < -0.4 is 10.6 Å². The zero-order valence-electron chi connectivity index (χ0n) is 10.6. The summed E-state index contributed by atoms with van der Waals surface area (Å²) in [5.41, 5.74) is 1.42. The van der Waals surface area contributed by atoms with Crippen LogP contribution in [0.2, 0.25) is 0 Å². The van der Waals surface area contributed by atoms with Crippen LogP contribution in [0.4, 0.5) is 17.3 Å². The lowest BCUT2D eigenvalue weighted by Crippen LogP contribution is -2.04. The quantitative estimate of drug-likeness (QED) is 0.815. The van der Waals surface area contributed by atoms with Crippen LogP contribution in [-0.4, -0.2) is 16.5 Å². The molecule has 0 fully saturated rings. The average Bonchev–Trinajstić information content (AvgIpc) is 2.45. The number of hydrogen-bond acceptors (Lipinski definition) is 5. The number of nitrogens with zero attached hydrogens (tertiary/aromatic N) is 3. The van der Waals surface area contributed by atoms with Crippen molar-refractivity contribution < 1.29 is 0 Å². The van der Waals surface area contributed by atoms with Gasteiger partial charge in [-0.15, -0.1) is 0 Å². The van der Waals surface area contributed by atoms with E-state index in [0.29, 0.717) is 11.4 Å². The molecule has 0 bridgehead atoms. The summed E-state index contributed by atoms with van der Waals surface area (Å²) in [6.45, 7) is 2.77. The number of hydrogen-bond donors (Lipinski definition) is 2. The second kappa shape index (κ2) is 6.68. The van der Waals surface area contributed by atoms with Gasteiger partial charge in [-0.25, -0.2) is 9.97 Å². The molecule has 20 heavy (non-hydrogen) atoms. The van der Waals surface area contributed by atoms with E-state index in [1.807, 2.05) is 13.0 Å². The lowest BCUT2D eigenvalue weighted by Gasteiger charge is -2.12. The fraction of sp³-hybridized carbons (Fsp3) is 0.154. The van der Waals surface area contributed by atoms with Gasteiger partial charge in [0.05, 0.1) is 17.3 Å². The van der Waals surface area contributed by atoms with Gasteiger partial charge in [-0.2, -0.15) is 5.26 Å². The van der Waals surface area contributed by atoms with Crippen molar-refractivity contribution in [2.75, 3.05) is 17.2 Å². The summed E-state index contributed by atoms with van der Waals surface area (Å²) in [6.07, 6.45) is 1.49. The Kier molecular flexibility index (Phi) is 4.93. The third-order valence-electron chi connectivity index (χ3n) is 2.48. The maximum atomic E-state index is 8.85. The molecule has 1 aromatic heterocycles. The van der Waals surface area contributed by atoms with Gasteiger partial charge >= 0.3 is 0 Å². The van der Waals surface area contributed by atoms with Gasteiger partial charge < -0.3 is 10.6 Å². The molecule has 1 heterocycles. The van der Waals surface area contributed by atoms with Crippen molar-refractivity contribution in [3.05, 3.63) is 39.0 Å². The van der Waals surface area contributed by atoms with Crippen molar-refractivity contribution in [1.82, 2.24) is 9.97 Å². The Hall–Kier alpha value is -1.65. The minimum Gasteiger partial charge on any atom is -0.369 e. The summed E-state index contributed by atoms with van der Waals surface area (Å²) in [6, 6.07) is 7.41. The predicted molar refractivity (Wildman–Crippen MR) is 86.0 cm³/mol. The molecule has 0 atom stereocenters. The standard InChI is InChI=1S/C13H11Br2N5/c1-2-17-12-11(15)13(19-7-18-12)20-10-4-3-8(6-16)5-9(10)14/h3-5,7H,2H2,1H3,(H2,17,18,19,20). The van der Waals surface area contributed by atoms with Gasteiger partial charge in [0.25, 0.3) is 0 Å². The maximum absolute atomic E-state index is 8.85. The van der Waals surface area contributed by atoms with Crippen molar-refractivity contribution in [3.63, 3.8) is 0 Å². The van der Waals surface area contributed by atoms with Crippen LogP contribution >= 0.6 is 31.9 Å². The Morgan fingerprint density at radius 1 is 1.25 bits per heavy atom. The highest BCUT2D eigenvalue weighted by atomic mass is 79.9. The molecule has 102 valence electrons. The maximum Gasteiger partial charge on any atom is 0.150 e. The van der Waals surface area contributed by atoms with Crippen LogP contribution in [-0.2, 0) is 0 Å². The fourth-order valence-electron chi connectivity index (χ4n) is 1.56. The molecule has 0 radical (unpaired) electrons. The van der Waals surface area contributed by atoms with Gasteiger partial charge in [-0.1, -0.05) is 0 Å². The molecular formula is C13H11Br2N5.